The lowest BCUT2D eigenvalue weighted by Crippen LogP contribution is -2.23. The summed E-state index contributed by atoms with van der Waals surface area (Å²) in [6.45, 7) is 0.262. The maximum absolute atomic E-state index is 11.9. The molecule has 0 atom stereocenters. The summed E-state index contributed by atoms with van der Waals surface area (Å²) in [6, 6.07) is 6.44. The molecule has 0 aliphatic rings. The lowest BCUT2D eigenvalue weighted by Gasteiger charge is -2.09. The third-order valence-electron chi connectivity index (χ3n) is 2.54. The summed E-state index contributed by atoms with van der Waals surface area (Å²) in [5, 5.41) is 12.5. The van der Waals surface area contributed by atoms with Crippen molar-refractivity contribution in [2.75, 3.05) is 7.11 Å². The highest BCUT2D eigenvalue weighted by atomic mass is 16.5. The molecule has 0 aliphatic heterocycles. The molecule has 6 nitrogen and oxygen atoms in total. The molecule has 0 aliphatic carbocycles. The summed E-state index contributed by atoms with van der Waals surface area (Å²) in [5.74, 6) is -0.310. The molecule has 0 unspecified atom stereocenters. The van der Waals surface area contributed by atoms with Crippen molar-refractivity contribution in [1.29, 1.82) is 0 Å². The molecule has 0 spiro atoms. The van der Waals surface area contributed by atoms with Crippen LogP contribution in [0.2, 0.25) is 0 Å². The number of benzene rings is 1. The second kappa shape index (κ2) is 5.81. The number of nitrogens with one attached hydrogen (secondary N) is 1. The van der Waals surface area contributed by atoms with E-state index in [1.807, 2.05) is 0 Å². The van der Waals surface area contributed by atoms with Crippen LogP contribution in [0.15, 0.2) is 36.8 Å². The Hall–Kier alpha value is -2.63. The van der Waals surface area contributed by atoms with E-state index in [4.69, 9.17) is 4.74 Å². The van der Waals surface area contributed by atoms with E-state index in [1.54, 1.807) is 24.4 Å². The predicted molar refractivity (Wildman–Crippen MR) is 67.9 cm³/mol. The maximum atomic E-state index is 11.9. The number of ether oxygens (including phenoxy) is 1. The van der Waals surface area contributed by atoms with Gasteiger partial charge >= 0.3 is 0 Å². The largest absolute Gasteiger partial charge is 0.504 e. The summed E-state index contributed by atoms with van der Waals surface area (Å²) >= 11 is 0. The van der Waals surface area contributed by atoms with E-state index < -0.39 is 5.91 Å². The molecule has 1 aromatic heterocycles. The standard InChI is InChI=1S/C13H13N3O3/c1-19-11-4-2-3-10(12(11)17)13(18)15-7-9-5-6-14-8-16-9/h2-6,8,17H,7H2,1H3,(H,15,18). The van der Waals surface area contributed by atoms with E-state index in [9.17, 15) is 9.90 Å². The van der Waals surface area contributed by atoms with Gasteiger partial charge in [0.05, 0.1) is 24.9 Å². The zero-order valence-corrected chi connectivity index (χ0v) is 10.3. The summed E-state index contributed by atoms with van der Waals surface area (Å²) in [4.78, 5) is 19.7. The Morgan fingerprint density at radius 2 is 2.26 bits per heavy atom. The Bertz CT molecular complexity index is 573. The second-order valence-corrected chi connectivity index (χ2v) is 3.74. The zero-order chi connectivity index (χ0) is 13.7. The number of amides is 1. The SMILES string of the molecule is COc1cccc(C(=O)NCc2ccncn2)c1O. The summed E-state index contributed by atoms with van der Waals surface area (Å²) in [7, 11) is 1.43. The van der Waals surface area contributed by atoms with Crippen LogP contribution < -0.4 is 10.1 Å². The molecule has 2 N–H and O–H groups in total. The first-order valence-electron chi connectivity index (χ1n) is 5.61. The van der Waals surface area contributed by atoms with Gasteiger partial charge in [-0.1, -0.05) is 6.07 Å². The lowest BCUT2D eigenvalue weighted by atomic mass is 10.1. The average molecular weight is 259 g/mol. The van der Waals surface area contributed by atoms with Gasteiger partial charge in [-0.3, -0.25) is 4.79 Å². The number of hydrogen-bond acceptors (Lipinski definition) is 5. The highest BCUT2D eigenvalue weighted by Gasteiger charge is 2.14. The smallest absolute Gasteiger partial charge is 0.255 e. The van der Waals surface area contributed by atoms with Crippen molar-refractivity contribution in [2.45, 2.75) is 6.54 Å². The van der Waals surface area contributed by atoms with Crippen molar-refractivity contribution in [2.24, 2.45) is 0 Å². The number of phenols is 1. The molecule has 2 aromatic rings. The highest BCUT2D eigenvalue weighted by molar-refractivity contribution is 5.97. The molecule has 0 saturated carbocycles. The molecule has 0 saturated heterocycles. The van der Waals surface area contributed by atoms with Crippen molar-refractivity contribution in [3.63, 3.8) is 0 Å². The molecule has 6 heteroatoms. The number of aromatic nitrogens is 2. The first kappa shape index (κ1) is 12.8. The molecule has 98 valence electrons. The maximum Gasteiger partial charge on any atom is 0.255 e. The van der Waals surface area contributed by atoms with Gasteiger partial charge in [-0.05, 0) is 18.2 Å². The Balaban J connectivity index is 2.08. The zero-order valence-electron chi connectivity index (χ0n) is 10.3. The molecule has 0 bridgehead atoms. The first-order chi connectivity index (χ1) is 9.22. The third kappa shape index (κ3) is 2.98. The quantitative estimate of drug-likeness (QED) is 0.859. The third-order valence-corrected chi connectivity index (χ3v) is 2.54. The number of methoxy groups -OCH3 is 1. The minimum Gasteiger partial charge on any atom is -0.504 e. The van der Waals surface area contributed by atoms with Gasteiger partial charge in [0, 0.05) is 6.20 Å². The molecule has 2 rings (SSSR count). The van der Waals surface area contributed by atoms with Gasteiger partial charge in [0.2, 0.25) is 0 Å². The first-order valence-corrected chi connectivity index (χ1v) is 5.61. The van der Waals surface area contributed by atoms with Crippen molar-refractivity contribution in [3.05, 3.63) is 48.0 Å². The van der Waals surface area contributed by atoms with Crippen LogP contribution in [0.25, 0.3) is 0 Å². The van der Waals surface area contributed by atoms with E-state index >= 15 is 0 Å². The van der Waals surface area contributed by atoms with Crippen LogP contribution in [0.3, 0.4) is 0 Å². The van der Waals surface area contributed by atoms with Gasteiger partial charge in [-0.2, -0.15) is 0 Å². The minimum atomic E-state index is -0.394. The molecule has 0 fully saturated rings. The number of aromatic hydroxyl groups is 1. The van der Waals surface area contributed by atoms with Crippen molar-refractivity contribution in [1.82, 2.24) is 15.3 Å². The van der Waals surface area contributed by atoms with Crippen LogP contribution in [-0.4, -0.2) is 28.1 Å². The van der Waals surface area contributed by atoms with E-state index in [0.717, 1.165) is 0 Å². The Kier molecular flexibility index (Phi) is 3.92. The van der Waals surface area contributed by atoms with Crippen molar-refractivity contribution < 1.29 is 14.6 Å². The number of carbonyl (C=O) groups excluding carboxylic acids is 1. The van der Waals surface area contributed by atoms with Crippen LogP contribution in [-0.2, 0) is 6.54 Å². The van der Waals surface area contributed by atoms with Gasteiger partial charge in [0.1, 0.15) is 6.33 Å². The number of phenolic OH excluding ortho intramolecular Hbond substituents is 1. The fourth-order valence-electron chi connectivity index (χ4n) is 1.56. The van der Waals surface area contributed by atoms with Crippen LogP contribution in [0, 0.1) is 0 Å². The molecule has 0 radical (unpaired) electrons. The number of carbonyl (C=O) groups is 1. The van der Waals surface area contributed by atoms with Crippen LogP contribution in [0.1, 0.15) is 16.1 Å². The van der Waals surface area contributed by atoms with Gasteiger partial charge in [0.15, 0.2) is 11.5 Å². The average Bonchev–Trinajstić information content (AvgIpc) is 2.46. The highest BCUT2D eigenvalue weighted by Crippen LogP contribution is 2.29. The van der Waals surface area contributed by atoms with Crippen molar-refractivity contribution >= 4 is 5.91 Å². The van der Waals surface area contributed by atoms with E-state index in [-0.39, 0.29) is 23.6 Å². The van der Waals surface area contributed by atoms with Gasteiger partial charge in [0.25, 0.3) is 5.91 Å². The Labute approximate surface area is 110 Å². The molecular formula is C13H13N3O3. The normalized spacial score (nSPS) is 9.95. The summed E-state index contributed by atoms with van der Waals surface area (Å²) < 4.78 is 4.95. The number of hydrogen-bond donors (Lipinski definition) is 2. The Morgan fingerprint density at radius 3 is 2.95 bits per heavy atom. The predicted octanol–water partition coefficient (Wildman–Crippen LogP) is 1.12. The number of rotatable bonds is 4. The van der Waals surface area contributed by atoms with Gasteiger partial charge in [-0.15, -0.1) is 0 Å². The molecule has 1 amide bonds. The second-order valence-electron chi connectivity index (χ2n) is 3.74. The van der Waals surface area contributed by atoms with Crippen LogP contribution >= 0.6 is 0 Å². The van der Waals surface area contributed by atoms with Gasteiger partial charge in [-0.25, -0.2) is 9.97 Å². The molecule has 1 heterocycles. The van der Waals surface area contributed by atoms with Crippen LogP contribution in [0.4, 0.5) is 0 Å². The number of para-hydroxylation sites is 1. The van der Waals surface area contributed by atoms with E-state index in [0.29, 0.717) is 5.69 Å². The topological polar surface area (TPSA) is 84.3 Å². The summed E-state index contributed by atoms with van der Waals surface area (Å²) in [6.07, 6.45) is 3.00. The van der Waals surface area contributed by atoms with E-state index in [2.05, 4.69) is 15.3 Å². The minimum absolute atomic E-state index is 0.161. The molecule has 1 aromatic carbocycles. The monoisotopic (exact) mass is 259 g/mol. The molecule has 19 heavy (non-hydrogen) atoms. The molecular weight excluding hydrogens is 246 g/mol. The number of nitrogens with zero attached hydrogens (tertiary/aromatic N) is 2. The van der Waals surface area contributed by atoms with Crippen molar-refractivity contribution in [3.8, 4) is 11.5 Å². The van der Waals surface area contributed by atoms with Gasteiger partial charge < -0.3 is 15.2 Å². The lowest BCUT2D eigenvalue weighted by molar-refractivity contribution is 0.0947. The van der Waals surface area contributed by atoms with Crippen LogP contribution in [0.5, 0.6) is 11.5 Å². The summed E-state index contributed by atoms with van der Waals surface area (Å²) in [5.41, 5.74) is 0.846. The Morgan fingerprint density at radius 1 is 1.42 bits per heavy atom. The van der Waals surface area contributed by atoms with E-state index in [1.165, 1.54) is 19.5 Å². The fraction of sp³-hybridized carbons (Fsp3) is 0.154. The fourth-order valence-corrected chi connectivity index (χ4v) is 1.56.